The van der Waals surface area contributed by atoms with E-state index in [1.54, 1.807) is 18.5 Å². The molecule has 0 spiro atoms. The van der Waals surface area contributed by atoms with Crippen LogP contribution in [0.2, 0.25) is 0 Å². The second kappa shape index (κ2) is 7.48. The molecule has 0 saturated carbocycles. The number of hydrogen-bond donors (Lipinski definition) is 1. The summed E-state index contributed by atoms with van der Waals surface area (Å²) in [6, 6.07) is 9.52. The molecule has 0 amide bonds. The molecule has 1 aliphatic heterocycles. The van der Waals surface area contributed by atoms with Crippen molar-refractivity contribution in [2.24, 2.45) is 5.92 Å². The summed E-state index contributed by atoms with van der Waals surface area (Å²) in [4.78, 5) is 10.9. The van der Waals surface area contributed by atoms with Gasteiger partial charge in [-0.1, -0.05) is 6.07 Å². The molecule has 6 heteroatoms. The molecule has 5 nitrogen and oxygen atoms in total. The van der Waals surface area contributed by atoms with E-state index in [0.717, 1.165) is 30.6 Å². The number of hydrogen-bond acceptors (Lipinski definition) is 5. The van der Waals surface area contributed by atoms with Gasteiger partial charge in [0.1, 0.15) is 0 Å². The second-order valence-corrected chi connectivity index (χ2v) is 7.00. The summed E-state index contributed by atoms with van der Waals surface area (Å²) in [5.74, 6) is 0.292. The van der Waals surface area contributed by atoms with Gasteiger partial charge in [-0.15, -0.1) is 0 Å². The van der Waals surface area contributed by atoms with Crippen LogP contribution in [-0.2, 0) is 0 Å². The number of anilines is 1. The van der Waals surface area contributed by atoms with Crippen LogP contribution in [0.15, 0.2) is 48.9 Å². The number of fused-ring (bicyclic) bond motifs is 1. The third-order valence-electron chi connectivity index (χ3n) is 5.37. The summed E-state index contributed by atoms with van der Waals surface area (Å²) < 4.78 is 19.1. The van der Waals surface area contributed by atoms with Gasteiger partial charge in [0.05, 0.1) is 12.6 Å². The molecule has 27 heavy (non-hydrogen) atoms. The lowest BCUT2D eigenvalue weighted by Crippen LogP contribution is -2.25. The molecule has 4 rings (SSSR count). The van der Waals surface area contributed by atoms with Crippen molar-refractivity contribution in [3.05, 3.63) is 60.3 Å². The van der Waals surface area contributed by atoms with Crippen LogP contribution in [0.1, 0.15) is 18.0 Å². The zero-order valence-electron chi connectivity index (χ0n) is 15.5. The normalized spacial score (nSPS) is 20.1. The summed E-state index contributed by atoms with van der Waals surface area (Å²) in [5, 5.41) is 4.42. The fraction of sp³-hybridized carbons (Fsp3) is 0.333. The van der Waals surface area contributed by atoms with Gasteiger partial charge in [0.15, 0.2) is 11.6 Å². The Labute approximate surface area is 158 Å². The van der Waals surface area contributed by atoms with Crippen molar-refractivity contribution in [1.29, 1.82) is 0 Å². The highest BCUT2D eigenvalue weighted by Gasteiger charge is 2.32. The van der Waals surface area contributed by atoms with E-state index in [2.05, 4.69) is 33.3 Å². The minimum absolute atomic E-state index is 0.229. The molecule has 140 valence electrons. The van der Waals surface area contributed by atoms with Gasteiger partial charge >= 0.3 is 0 Å². The predicted molar refractivity (Wildman–Crippen MR) is 104 cm³/mol. The van der Waals surface area contributed by atoms with E-state index >= 15 is 0 Å². The van der Waals surface area contributed by atoms with Crippen molar-refractivity contribution in [3.63, 3.8) is 0 Å². The van der Waals surface area contributed by atoms with Gasteiger partial charge in [0.2, 0.25) is 0 Å². The topological polar surface area (TPSA) is 50.3 Å². The highest BCUT2D eigenvalue weighted by molar-refractivity contribution is 5.92. The van der Waals surface area contributed by atoms with Crippen LogP contribution in [0.3, 0.4) is 0 Å². The van der Waals surface area contributed by atoms with Crippen molar-refractivity contribution >= 4 is 16.6 Å². The maximum Gasteiger partial charge on any atom is 0.167 e. The van der Waals surface area contributed by atoms with Gasteiger partial charge in [-0.25, -0.2) is 4.39 Å². The summed E-state index contributed by atoms with van der Waals surface area (Å²) >= 11 is 0. The van der Waals surface area contributed by atoms with E-state index in [9.17, 15) is 4.39 Å². The molecule has 2 aromatic heterocycles. The third-order valence-corrected chi connectivity index (χ3v) is 5.37. The number of likely N-dealkylation sites (tertiary alicyclic amines) is 1. The van der Waals surface area contributed by atoms with Crippen LogP contribution in [-0.4, -0.2) is 42.1 Å². The molecular formula is C21H23FN4O. The predicted octanol–water partition coefficient (Wildman–Crippen LogP) is 3.88. The Morgan fingerprint density at radius 1 is 1.30 bits per heavy atom. The number of nitrogens with one attached hydrogen (secondary N) is 1. The minimum Gasteiger partial charge on any atom is -0.494 e. The first kappa shape index (κ1) is 17.7. The molecule has 3 aromatic rings. The van der Waals surface area contributed by atoms with Crippen LogP contribution in [0, 0.1) is 11.7 Å². The van der Waals surface area contributed by atoms with E-state index in [0.29, 0.717) is 17.5 Å². The fourth-order valence-corrected chi connectivity index (χ4v) is 4.02. The number of nitrogens with zero attached hydrogens (tertiary/aromatic N) is 3. The molecule has 1 fully saturated rings. The third kappa shape index (κ3) is 3.45. The molecule has 0 aliphatic carbocycles. The number of ether oxygens (including phenoxy) is 1. The van der Waals surface area contributed by atoms with E-state index in [-0.39, 0.29) is 5.75 Å². The molecule has 1 aromatic carbocycles. The Balaban J connectivity index is 1.58. The highest BCUT2D eigenvalue weighted by Crippen LogP contribution is 2.36. The van der Waals surface area contributed by atoms with Crippen LogP contribution in [0.25, 0.3) is 10.9 Å². The van der Waals surface area contributed by atoms with E-state index < -0.39 is 5.82 Å². The Morgan fingerprint density at radius 3 is 2.96 bits per heavy atom. The zero-order chi connectivity index (χ0) is 18.8. The second-order valence-electron chi connectivity index (χ2n) is 7.00. The van der Waals surface area contributed by atoms with Crippen molar-refractivity contribution in [2.45, 2.75) is 12.5 Å². The number of methoxy groups -OCH3 is 1. The molecule has 0 radical (unpaired) electrons. The number of pyridine rings is 2. The first-order valence-electron chi connectivity index (χ1n) is 9.13. The lowest BCUT2D eigenvalue weighted by Gasteiger charge is -2.26. The average molecular weight is 366 g/mol. The number of rotatable bonds is 5. The summed E-state index contributed by atoms with van der Waals surface area (Å²) in [6.07, 6.45) is 6.58. The Hall–Kier alpha value is -2.73. The van der Waals surface area contributed by atoms with Crippen molar-refractivity contribution in [3.8, 4) is 5.75 Å². The van der Waals surface area contributed by atoms with Gasteiger partial charge in [-0.05, 0) is 49.7 Å². The van der Waals surface area contributed by atoms with Gasteiger partial charge in [-0.2, -0.15) is 0 Å². The SMILES string of the molecule is COc1cc2c(NC[C@@H]3CCN(C)[C@H]3c3cccnc3)ccnc2cc1F. The molecule has 1 N–H and O–H groups in total. The smallest absolute Gasteiger partial charge is 0.167 e. The maximum atomic E-state index is 14.0. The molecule has 3 heterocycles. The molecule has 0 bridgehead atoms. The van der Waals surface area contributed by atoms with Gasteiger partial charge in [0.25, 0.3) is 0 Å². The highest BCUT2D eigenvalue weighted by atomic mass is 19.1. The van der Waals surface area contributed by atoms with Gasteiger partial charge in [0, 0.05) is 48.3 Å². The Kier molecular flexibility index (Phi) is 4.90. The van der Waals surface area contributed by atoms with Gasteiger partial charge < -0.3 is 10.1 Å². The number of aromatic nitrogens is 2. The van der Waals surface area contributed by atoms with Crippen LogP contribution >= 0.6 is 0 Å². The van der Waals surface area contributed by atoms with E-state index in [1.807, 2.05) is 18.3 Å². The molecule has 2 atom stereocenters. The molecule has 0 unspecified atom stereocenters. The monoisotopic (exact) mass is 366 g/mol. The van der Waals surface area contributed by atoms with E-state index in [4.69, 9.17) is 4.74 Å². The quantitative estimate of drug-likeness (QED) is 0.743. The molecule has 1 aliphatic rings. The lowest BCUT2D eigenvalue weighted by molar-refractivity contribution is 0.281. The van der Waals surface area contributed by atoms with Gasteiger partial charge in [-0.3, -0.25) is 14.9 Å². The number of halogens is 1. The molecule has 1 saturated heterocycles. The summed E-state index contributed by atoms with van der Waals surface area (Å²) in [6.45, 7) is 1.88. The lowest BCUT2D eigenvalue weighted by atomic mass is 9.94. The van der Waals surface area contributed by atoms with Crippen molar-refractivity contribution in [1.82, 2.24) is 14.9 Å². The Morgan fingerprint density at radius 2 is 2.19 bits per heavy atom. The fourth-order valence-electron chi connectivity index (χ4n) is 4.02. The summed E-state index contributed by atoms with van der Waals surface area (Å²) in [7, 11) is 3.63. The van der Waals surface area contributed by atoms with Crippen LogP contribution in [0.4, 0.5) is 10.1 Å². The maximum absolute atomic E-state index is 14.0. The van der Waals surface area contributed by atoms with Crippen molar-refractivity contribution < 1.29 is 9.13 Å². The first-order valence-corrected chi connectivity index (χ1v) is 9.13. The van der Waals surface area contributed by atoms with E-state index in [1.165, 1.54) is 18.7 Å². The standard InChI is InChI=1S/C21H23FN4O/c1-26-9-6-15(21(26)14-4-3-7-23-12-14)13-25-18-5-8-24-19-11-17(22)20(27-2)10-16(18)19/h3-5,7-8,10-12,15,21H,6,9,13H2,1-2H3,(H,24,25)/t15-,21-/m0/s1. The summed E-state index contributed by atoms with van der Waals surface area (Å²) in [5.41, 5.74) is 2.80. The minimum atomic E-state index is -0.399. The largest absolute Gasteiger partial charge is 0.494 e. The zero-order valence-corrected chi connectivity index (χ0v) is 15.5. The molecular weight excluding hydrogens is 343 g/mol. The Bertz CT molecular complexity index is 934. The van der Waals surface area contributed by atoms with Crippen molar-refractivity contribution in [2.75, 3.05) is 32.6 Å². The van der Waals surface area contributed by atoms with Crippen LogP contribution < -0.4 is 10.1 Å². The van der Waals surface area contributed by atoms with Crippen LogP contribution in [0.5, 0.6) is 5.75 Å². The average Bonchev–Trinajstić information content (AvgIpc) is 3.06. The number of benzene rings is 1. The first-order chi connectivity index (χ1) is 13.2.